The molecule has 3 aromatic heterocycles. The number of oxime groups is 3. The van der Waals surface area contributed by atoms with Crippen molar-refractivity contribution in [3.63, 3.8) is 0 Å². The maximum Gasteiger partial charge on any atom is 0.331 e. The van der Waals surface area contributed by atoms with Crippen LogP contribution in [0.4, 0.5) is 11.4 Å². The molecule has 0 amide bonds. The number of para-hydroxylation sites is 1. The third kappa shape index (κ3) is 19.7. The molecule has 0 bridgehead atoms. The second-order valence-electron chi connectivity index (χ2n) is 23.3. The van der Waals surface area contributed by atoms with Gasteiger partial charge in [-0.25, -0.2) is 14.4 Å². The van der Waals surface area contributed by atoms with Crippen LogP contribution < -0.4 is 14.2 Å². The SMILES string of the molecule is CC(=O)O/N=C(\CCC1CCCC1)c1cn(-c2ccc([N+](=O)[O-])cc2)c2ccc(OCCO)cc12.CCCCCC/C(=N\OC(C)=O)c1cn(-c2ccccc2)c2ccc(OCCO)cc12.CCc1c(C(=O)/C(C)=N/OC(C)=O)c2cc(OCCO)ccc2n1-c1ccc([N+](=O)[O-])cc1. The second-order valence-corrected chi connectivity index (χ2v) is 23.3. The molecule has 1 saturated carbocycles. The van der Waals surface area contributed by atoms with Crippen LogP contribution in [0.1, 0.15) is 139 Å². The topological polar surface area (TPSA) is 322 Å². The molecular weight excluding hydrogens is 1270 g/mol. The molecule has 1 aliphatic rings. The minimum absolute atomic E-state index is 0.00988. The van der Waals surface area contributed by atoms with Gasteiger partial charge in [-0.3, -0.25) is 25.0 Å². The van der Waals surface area contributed by atoms with Gasteiger partial charge in [0.25, 0.3) is 11.4 Å². The van der Waals surface area contributed by atoms with Gasteiger partial charge in [0.1, 0.15) is 42.8 Å². The molecule has 25 heteroatoms. The van der Waals surface area contributed by atoms with E-state index in [4.69, 9.17) is 39.2 Å². The fourth-order valence-corrected chi connectivity index (χ4v) is 11.7. The second kappa shape index (κ2) is 36.5. The maximum atomic E-state index is 13.4. The first kappa shape index (κ1) is 73.9. The highest BCUT2D eigenvalue weighted by molar-refractivity contribution is 6.47. The van der Waals surface area contributed by atoms with Crippen LogP contribution in [0, 0.1) is 26.1 Å². The van der Waals surface area contributed by atoms with Crippen LogP contribution in [0.25, 0.3) is 49.8 Å². The van der Waals surface area contributed by atoms with Crippen molar-refractivity contribution in [2.75, 3.05) is 39.6 Å². The highest BCUT2D eigenvalue weighted by Gasteiger charge is 2.27. The lowest BCUT2D eigenvalue weighted by atomic mass is 9.97. The molecule has 0 aliphatic heterocycles. The predicted molar refractivity (Wildman–Crippen MR) is 376 cm³/mol. The predicted octanol–water partition coefficient (Wildman–Crippen LogP) is 14.0. The normalized spacial score (nSPS) is 12.6. The Hall–Kier alpha value is -10.9. The van der Waals surface area contributed by atoms with Gasteiger partial charge >= 0.3 is 17.9 Å². The zero-order valence-corrected chi connectivity index (χ0v) is 56.3. The van der Waals surface area contributed by atoms with Gasteiger partial charge in [-0.2, -0.15) is 0 Å². The van der Waals surface area contributed by atoms with E-state index < -0.39 is 33.5 Å². The fraction of sp³-hybridized carbons (Fsp3) is 0.338. The first-order chi connectivity index (χ1) is 47.9. The highest BCUT2D eigenvalue weighted by atomic mass is 16.7. The molecule has 0 radical (unpaired) electrons. The smallest absolute Gasteiger partial charge is 0.331 e. The average molecular weight is 1360 g/mol. The summed E-state index contributed by atoms with van der Waals surface area (Å²) in [5.41, 5.74) is 9.02. The number of non-ortho nitro benzene ring substituents is 2. The Kier molecular flexibility index (Phi) is 27.2. The highest BCUT2D eigenvalue weighted by Crippen LogP contribution is 2.37. The van der Waals surface area contributed by atoms with E-state index in [1.807, 2.05) is 95.2 Å². The number of benzene rings is 6. The molecular formula is C74H82N8O17. The van der Waals surface area contributed by atoms with Gasteiger partial charge in [-0.1, -0.05) is 92.5 Å². The minimum atomic E-state index is -0.647. The molecule has 0 unspecified atom stereocenters. The Bertz CT molecular complexity index is 4370. The molecule has 520 valence electrons. The van der Waals surface area contributed by atoms with Crippen LogP contribution in [0.15, 0.2) is 161 Å². The number of nitro groups is 2. The number of aromatic nitrogens is 3. The average Bonchev–Trinajstić information content (AvgIpc) is 1.64. The number of ether oxygens (including phenoxy) is 3. The summed E-state index contributed by atoms with van der Waals surface area (Å²) >= 11 is 0. The van der Waals surface area contributed by atoms with Gasteiger partial charge in [0.2, 0.25) is 5.78 Å². The van der Waals surface area contributed by atoms with E-state index in [0.29, 0.717) is 76.0 Å². The number of Topliss-reactive ketones (excluding diaryl/α,β-unsaturated/α-hetero) is 1. The van der Waals surface area contributed by atoms with Crippen molar-refractivity contribution in [1.82, 2.24) is 13.7 Å². The first-order valence-corrected chi connectivity index (χ1v) is 32.9. The van der Waals surface area contributed by atoms with Gasteiger partial charge in [0.05, 0.1) is 63.2 Å². The number of nitro benzene ring substituents is 2. The third-order valence-corrected chi connectivity index (χ3v) is 16.3. The van der Waals surface area contributed by atoms with Crippen LogP contribution >= 0.6 is 0 Å². The Balaban J connectivity index is 0.000000190. The number of hydrogen-bond acceptors (Lipinski definition) is 20. The van der Waals surface area contributed by atoms with E-state index in [2.05, 4.69) is 31.8 Å². The van der Waals surface area contributed by atoms with Gasteiger partial charge in [0.15, 0.2) is 0 Å². The number of unbranched alkanes of at least 4 members (excludes halogenated alkanes) is 3. The lowest BCUT2D eigenvalue weighted by Gasteiger charge is -2.11. The summed E-state index contributed by atoms with van der Waals surface area (Å²) in [4.78, 5) is 83.5. The largest absolute Gasteiger partial charge is 0.491 e. The van der Waals surface area contributed by atoms with Crippen LogP contribution in [0.3, 0.4) is 0 Å². The summed E-state index contributed by atoms with van der Waals surface area (Å²) < 4.78 is 22.7. The van der Waals surface area contributed by atoms with Crippen molar-refractivity contribution in [3.05, 3.63) is 188 Å². The first-order valence-electron chi connectivity index (χ1n) is 32.9. The molecule has 9 aromatic rings. The Labute approximate surface area is 571 Å². The number of fused-ring (bicyclic) bond motifs is 3. The van der Waals surface area contributed by atoms with Crippen molar-refractivity contribution in [2.45, 2.75) is 119 Å². The molecule has 6 aromatic carbocycles. The standard InChI is InChI=1S/C26H29N3O6.C25H30N2O4.C23H23N3O7/c1-18(31)35-27-25(12-6-19-4-2-3-5-19)24-17-28(20-7-9-21(10-8-20)29(32)33)26-13-11-22(16-23(24)26)34-15-14-30;1-3-4-5-9-12-24(26-31-19(2)29)23-18-27(20-10-7-6-8-11-20)25-14-13-21(17-22(23)25)30-16-15-28;1-4-20-22(23(29)14(2)24-33-15(3)28)19-13-18(32-12-11-27)9-10-21(19)25(20)16-5-7-17(8-6-16)26(30)31/h7-11,13,16-17,19,30H,2-6,12,14-15H2,1H3;6-8,10-11,13-14,17-18,28H,3-5,9,12,15-16H2,1-2H3;5-10,13,27H,4,11-12H2,1-3H3/b27-25+;26-24+;24-14+. The van der Waals surface area contributed by atoms with Gasteiger partial charge in [-0.15, -0.1) is 0 Å². The van der Waals surface area contributed by atoms with Crippen LogP contribution in [-0.2, 0) is 35.3 Å². The van der Waals surface area contributed by atoms with E-state index in [1.165, 1.54) is 77.6 Å². The number of carbonyl (C=O) groups excluding carboxylic acids is 4. The lowest BCUT2D eigenvalue weighted by molar-refractivity contribution is -0.385. The van der Waals surface area contributed by atoms with E-state index in [-0.39, 0.29) is 56.7 Å². The zero-order valence-electron chi connectivity index (χ0n) is 56.3. The molecule has 3 heterocycles. The summed E-state index contributed by atoms with van der Waals surface area (Å²) in [7, 11) is 0. The van der Waals surface area contributed by atoms with Crippen molar-refractivity contribution in [2.24, 2.45) is 21.4 Å². The number of carbonyl (C=O) groups is 4. The van der Waals surface area contributed by atoms with E-state index in [1.54, 1.807) is 42.5 Å². The Morgan fingerprint density at radius 3 is 1.42 bits per heavy atom. The Morgan fingerprint density at radius 1 is 0.525 bits per heavy atom. The molecule has 25 nitrogen and oxygen atoms in total. The minimum Gasteiger partial charge on any atom is -0.491 e. The number of ketones is 1. The van der Waals surface area contributed by atoms with E-state index >= 15 is 0 Å². The quantitative estimate of drug-likeness (QED) is 0.00940. The maximum absolute atomic E-state index is 13.4. The van der Waals surface area contributed by atoms with Crippen molar-refractivity contribution >= 4 is 84.9 Å². The van der Waals surface area contributed by atoms with Crippen LogP contribution in [-0.4, -0.2) is 119 Å². The molecule has 10 rings (SSSR count). The molecule has 1 fully saturated rings. The molecule has 3 N–H and O–H groups in total. The van der Waals surface area contributed by atoms with E-state index in [0.717, 1.165) is 82.1 Å². The van der Waals surface area contributed by atoms with Crippen molar-refractivity contribution < 1.29 is 73.1 Å². The summed E-state index contributed by atoms with van der Waals surface area (Å²) in [6, 6.07) is 39.0. The molecule has 1 aliphatic carbocycles. The fourth-order valence-electron chi connectivity index (χ4n) is 11.7. The van der Waals surface area contributed by atoms with Crippen LogP contribution in [0.2, 0.25) is 0 Å². The molecule has 0 saturated heterocycles. The Morgan fingerprint density at radius 2 is 0.970 bits per heavy atom. The number of aliphatic hydroxyl groups is 3. The van der Waals surface area contributed by atoms with Gasteiger partial charge < -0.3 is 57.7 Å². The van der Waals surface area contributed by atoms with Gasteiger partial charge in [0, 0.05) is 107 Å². The molecule has 0 atom stereocenters. The van der Waals surface area contributed by atoms with Crippen LogP contribution in [0.5, 0.6) is 17.2 Å². The van der Waals surface area contributed by atoms with E-state index in [9.17, 15) is 39.4 Å². The van der Waals surface area contributed by atoms with Crippen molar-refractivity contribution in [3.8, 4) is 34.3 Å². The monoisotopic (exact) mass is 1350 g/mol. The number of aliphatic hydroxyl groups excluding tert-OH is 3. The summed E-state index contributed by atoms with van der Waals surface area (Å²) in [6.45, 7) is 9.53. The zero-order chi connectivity index (χ0) is 71.0. The molecule has 0 spiro atoms. The summed E-state index contributed by atoms with van der Waals surface area (Å²) in [6.07, 6.45) is 16.0. The molecule has 99 heavy (non-hydrogen) atoms. The van der Waals surface area contributed by atoms with Crippen molar-refractivity contribution in [1.29, 1.82) is 0 Å². The summed E-state index contributed by atoms with van der Waals surface area (Å²) in [5.74, 6) is 0.346. The summed E-state index contributed by atoms with van der Waals surface area (Å²) in [5, 5.41) is 63.9. The van der Waals surface area contributed by atoms with Gasteiger partial charge in [-0.05, 0) is 136 Å². The number of rotatable bonds is 30. The third-order valence-electron chi connectivity index (χ3n) is 16.3. The number of hydrogen-bond donors (Lipinski definition) is 3. The lowest BCUT2D eigenvalue weighted by Crippen LogP contribution is -2.14. The number of nitrogens with zero attached hydrogens (tertiary/aromatic N) is 8.